The van der Waals surface area contributed by atoms with E-state index in [1.54, 1.807) is 0 Å². The number of hydrogen-bond donors (Lipinski definition) is 2. The number of nitrogens with one attached hydrogen (secondary N) is 1. The number of hydrogen-bond acceptors (Lipinski definition) is 1. The van der Waals surface area contributed by atoms with Gasteiger partial charge in [0.25, 0.3) is 0 Å². The summed E-state index contributed by atoms with van der Waals surface area (Å²) in [4.78, 5) is 1.31. The van der Waals surface area contributed by atoms with Gasteiger partial charge >= 0.3 is 0 Å². The maximum atomic E-state index is 9.03. The molecule has 1 saturated heterocycles. The first-order chi connectivity index (χ1) is 4.66. The van der Waals surface area contributed by atoms with Crippen LogP contribution in [0, 0.1) is 12.5 Å². The molecule has 1 aliphatic rings. The van der Waals surface area contributed by atoms with Crippen molar-refractivity contribution in [2.24, 2.45) is 5.41 Å². The van der Waals surface area contributed by atoms with Crippen molar-refractivity contribution in [1.29, 1.82) is 0 Å². The molecule has 60 valence electrons. The van der Waals surface area contributed by atoms with E-state index in [4.69, 9.17) is 5.11 Å². The van der Waals surface area contributed by atoms with Crippen molar-refractivity contribution in [1.82, 2.24) is 0 Å². The molecule has 0 aromatic heterocycles. The van der Waals surface area contributed by atoms with Crippen LogP contribution in [0.15, 0.2) is 0 Å². The molecule has 0 spiro atoms. The molecule has 0 aromatic rings. The fraction of sp³-hybridized carbons (Fsp3) is 0.875. The molecule has 1 rings (SSSR count). The highest BCUT2D eigenvalue weighted by atomic mass is 16.3. The second-order valence-corrected chi connectivity index (χ2v) is 3.75. The van der Waals surface area contributed by atoms with Crippen molar-refractivity contribution in [3.8, 4) is 0 Å². The van der Waals surface area contributed by atoms with Gasteiger partial charge in [-0.15, -0.1) is 0 Å². The number of quaternary nitrogens is 1. The first-order valence-corrected chi connectivity index (χ1v) is 3.94. The molecule has 2 heteroatoms. The van der Waals surface area contributed by atoms with E-state index in [-0.39, 0.29) is 5.41 Å². The van der Waals surface area contributed by atoms with Crippen molar-refractivity contribution in [3.63, 3.8) is 0 Å². The Morgan fingerprint density at radius 3 is 2.80 bits per heavy atom. The van der Waals surface area contributed by atoms with Gasteiger partial charge in [0.15, 0.2) is 0 Å². The first-order valence-electron chi connectivity index (χ1n) is 3.94. The van der Waals surface area contributed by atoms with Gasteiger partial charge in [-0.2, -0.15) is 7.05 Å². The molecule has 1 aliphatic heterocycles. The maximum Gasteiger partial charge on any atom is 0.0607 e. The molecule has 0 amide bonds. The number of aliphatic hydroxyl groups excluding tert-OH is 1. The van der Waals surface area contributed by atoms with Gasteiger partial charge in [-0.25, -0.2) is 0 Å². The monoisotopic (exact) mass is 143 g/mol. The summed E-state index contributed by atoms with van der Waals surface area (Å²) in [6.45, 7) is 4.63. The van der Waals surface area contributed by atoms with Crippen LogP contribution >= 0.6 is 0 Å². The van der Waals surface area contributed by atoms with Gasteiger partial charge < -0.3 is 10.0 Å². The van der Waals surface area contributed by atoms with E-state index in [0.717, 1.165) is 19.5 Å². The predicted octanol–water partition coefficient (Wildman–Crippen LogP) is -0.545. The molecule has 1 heterocycles. The Balaban J connectivity index is 2.45. The lowest BCUT2D eigenvalue weighted by atomic mass is 9.83. The molecule has 0 aromatic carbocycles. The van der Waals surface area contributed by atoms with Gasteiger partial charge in [-0.1, -0.05) is 6.92 Å². The van der Waals surface area contributed by atoms with Crippen LogP contribution in [0.25, 0.3) is 0 Å². The summed E-state index contributed by atoms with van der Waals surface area (Å²) >= 11 is 0. The smallest absolute Gasteiger partial charge is 0.0607 e. The van der Waals surface area contributed by atoms with E-state index in [9.17, 15) is 0 Å². The van der Waals surface area contributed by atoms with Crippen LogP contribution in [0.3, 0.4) is 0 Å². The zero-order chi connectivity index (χ0) is 7.61. The van der Waals surface area contributed by atoms with Gasteiger partial charge in [0, 0.05) is 5.41 Å². The lowest BCUT2D eigenvalue weighted by molar-refractivity contribution is -0.867. The maximum absolute atomic E-state index is 9.03. The molecule has 0 radical (unpaired) electrons. The SMILES string of the molecule is [CH2-][NH+]1CCCC(C)(CO)C1. The molecule has 2 nitrogen and oxygen atoms in total. The van der Waals surface area contributed by atoms with E-state index < -0.39 is 0 Å². The van der Waals surface area contributed by atoms with Crippen LogP contribution in [0.4, 0.5) is 0 Å². The average molecular weight is 143 g/mol. The third kappa shape index (κ3) is 1.70. The van der Waals surface area contributed by atoms with Crippen molar-refractivity contribution >= 4 is 0 Å². The topological polar surface area (TPSA) is 24.7 Å². The Hall–Kier alpha value is -0.0800. The van der Waals surface area contributed by atoms with Crippen molar-refractivity contribution in [2.75, 3.05) is 19.7 Å². The van der Waals surface area contributed by atoms with Crippen molar-refractivity contribution < 1.29 is 10.0 Å². The fourth-order valence-corrected chi connectivity index (χ4v) is 1.68. The molecule has 1 fully saturated rings. The zero-order valence-electron chi connectivity index (χ0n) is 6.69. The van der Waals surface area contributed by atoms with Gasteiger partial charge in [-0.05, 0) is 12.8 Å². The summed E-state index contributed by atoms with van der Waals surface area (Å²) in [5, 5.41) is 9.03. The number of rotatable bonds is 1. The molecule has 0 saturated carbocycles. The lowest BCUT2D eigenvalue weighted by Crippen LogP contribution is -3.09. The predicted molar refractivity (Wildman–Crippen MR) is 40.5 cm³/mol. The standard InChI is InChI=1S/C8H17NO/c1-8(7-10)4-3-5-9(2)6-8/h9-10H,2-7H2,1H3. The number of piperidine rings is 1. The molecule has 2 N–H and O–H groups in total. The normalized spacial score (nSPS) is 41.7. The summed E-state index contributed by atoms with van der Waals surface area (Å²) in [7, 11) is 3.95. The van der Waals surface area contributed by atoms with Crippen LogP contribution in [0.5, 0.6) is 0 Å². The Morgan fingerprint density at radius 2 is 2.40 bits per heavy atom. The molecular formula is C8H17NO. The minimum absolute atomic E-state index is 0.148. The molecule has 2 atom stereocenters. The Labute approximate surface area is 62.8 Å². The largest absolute Gasteiger partial charge is 0.467 e. The summed E-state index contributed by atoms with van der Waals surface area (Å²) in [6.07, 6.45) is 2.36. The van der Waals surface area contributed by atoms with E-state index in [2.05, 4.69) is 14.0 Å². The van der Waals surface area contributed by atoms with Gasteiger partial charge in [0.2, 0.25) is 0 Å². The highest BCUT2D eigenvalue weighted by molar-refractivity contribution is 4.74. The van der Waals surface area contributed by atoms with Gasteiger partial charge in [0.1, 0.15) is 0 Å². The van der Waals surface area contributed by atoms with Gasteiger partial charge in [0.05, 0.1) is 19.7 Å². The van der Waals surface area contributed by atoms with Crippen LogP contribution in [0.1, 0.15) is 19.8 Å². The van der Waals surface area contributed by atoms with E-state index in [1.807, 2.05) is 0 Å². The Bertz CT molecular complexity index is 116. The molecular weight excluding hydrogens is 126 g/mol. The van der Waals surface area contributed by atoms with E-state index >= 15 is 0 Å². The second kappa shape index (κ2) is 2.89. The highest BCUT2D eigenvalue weighted by Crippen LogP contribution is 2.21. The second-order valence-electron chi connectivity index (χ2n) is 3.75. The minimum atomic E-state index is 0.148. The van der Waals surface area contributed by atoms with Crippen molar-refractivity contribution in [3.05, 3.63) is 7.05 Å². The van der Waals surface area contributed by atoms with Crippen molar-refractivity contribution in [2.45, 2.75) is 19.8 Å². The third-order valence-corrected chi connectivity index (χ3v) is 2.37. The van der Waals surface area contributed by atoms with Crippen LogP contribution in [0.2, 0.25) is 0 Å². The minimum Gasteiger partial charge on any atom is -0.467 e. The van der Waals surface area contributed by atoms with Crippen LogP contribution < -0.4 is 4.90 Å². The lowest BCUT2D eigenvalue weighted by Gasteiger charge is -2.38. The molecule has 2 unspecified atom stereocenters. The number of likely N-dealkylation sites (tertiary alicyclic amines) is 1. The summed E-state index contributed by atoms with van der Waals surface area (Å²) in [5.41, 5.74) is 0.148. The molecule has 0 bridgehead atoms. The summed E-state index contributed by atoms with van der Waals surface area (Å²) in [5.74, 6) is 0. The van der Waals surface area contributed by atoms with E-state index in [0.29, 0.717) is 6.61 Å². The van der Waals surface area contributed by atoms with Crippen LogP contribution in [-0.4, -0.2) is 24.8 Å². The quantitative estimate of drug-likeness (QED) is 0.473. The summed E-state index contributed by atoms with van der Waals surface area (Å²) in [6, 6.07) is 0. The first kappa shape index (κ1) is 8.02. The van der Waals surface area contributed by atoms with Gasteiger partial charge in [-0.3, -0.25) is 0 Å². The zero-order valence-corrected chi connectivity index (χ0v) is 6.69. The molecule has 0 aliphatic carbocycles. The number of aliphatic hydroxyl groups is 1. The highest BCUT2D eigenvalue weighted by Gasteiger charge is 2.29. The Morgan fingerprint density at radius 1 is 1.70 bits per heavy atom. The summed E-state index contributed by atoms with van der Waals surface area (Å²) < 4.78 is 0. The fourth-order valence-electron chi connectivity index (χ4n) is 1.68. The van der Waals surface area contributed by atoms with Crippen LogP contribution in [-0.2, 0) is 0 Å². The molecule has 10 heavy (non-hydrogen) atoms. The third-order valence-electron chi connectivity index (χ3n) is 2.37. The average Bonchev–Trinajstić information content (AvgIpc) is 1.88. The van der Waals surface area contributed by atoms with E-state index in [1.165, 1.54) is 11.3 Å². The Kier molecular flexibility index (Phi) is 2.32.